The lowest BCUT2D eigenvalue weighted by Crippen LogP contribution is -2.41. The number of nitrogens with zero attached hydrogens (tertiary/aromatic N) is 2. The van der Waals surface area contributed by atoms with Crippen LogP contribution < -0.4 is 15.0 Å². The number of nitro benzene ring substituents is 1. The smallest absolute Gasteiger partial charge is 0.311 e. The van der Waals surface area contributed by atoms with Crippen molar-refractivity contribution in [3.8, 4) is 5.75 Å². The van der Waals surface area contributed by atoms with Gasteiger partial charge in [0.2, 0.25) is 0 Å². The van der Waals surface area contributed by atoms with Gasteiger partial charge in [-0.25, -0.2) is 0 Å². The molecule has 27 heavy (non-hydrogen) atoms. The minimum Gasteiger partial charge on any atom is -0.490 e. The molecule has 0 bridgehead atoms. The number of nitrogens with one attached hydrogen (secondary N) is 1. The first-order valence-electron chi connectivity index (χ1n) is 8.11. The number of hydrogen-bond donors (Lipinski definition) is 1. The maximum atomic E-state index is 12.4. The molecule has 3 rings (SSSR count). The largest absolute Gasteiger partial charge is 0.490 e. The number of ether oxygens (including phenoxy) is 2. The fourth-order valence-corrected chi connectivity index (χ4v) is 2.69. The van der Waals surface area contributed by atoms with Crippen molar-refractivity contribution in [3.63, 3.8) is 0 Å². The average molecular weight is 371 g/mol. The van der Waals surface area contributed by atoms with Gasteiger partial charge < -0.3 is 19.7 Å². The van der Waals surface area contributed by atoms with Gasteiger partial charge in [-0.2, -0.15) is 0 Å². The summed E-state index contributed by atoms with van der Waals surface area (Å²) in [5.41, 5.74) is 1.06. The van der Waals surface area contributed by atoms with E-state index < -0.39 is 10.8 Å². The Balaban J connectivity index is 1.73. The number of methoxy groups -OCH3 is 1. The van der Waals surface area contributed by atoms with Gasteiger partial charge in [0.1, 0.15) is 6.61 Å². The third-order valence-corrected chi connectivity index (χ3v) is 4.06. The summed E-state index contributed by atoms with van der Waals surface area (Å²) in [6, 6.07) is 10.7. The molecule has 0 aromatic heterocycles. The molecule has 1 saturated heterocycles. The highest BCUT2D eigenvalue weighted by Crippen LogP contribution is 2.28. The van der Waals surface area contributed by atoms with Gasteiger partial charge in [0.25, 0.3) is 11.8 Å². The summed E-state index contributed by atoms with van der Waals surface area (Å²) in [4.78, 5) is 36.3. The van der Waals surface area contributed by atoms with Crippen LogP contribution in [0.1, 0.15) is 10.4 Å². The number of anilines is 2. The predicted octanol–water partition coefficient (Wildman–Crippen LogP) is 2.22. The molecule has 0 radical (unpaired) electrons. The van der Waals surface area contributed by atoms with Crippen LogP contribution in [-0.4, -0.2) is 43.6 Å². The van der Waals surface area contributed by atoms with E-state index in [-0.39, 0.29) is 29.5 Å². The van der Waals surface area contributed by atoms with Crippen LogP contribution in [0.15, 0.2) is 42.5 Å². The summed E-state index contributed by atoms with van der Waals surface area (Å²) in [6.07, 6.45) is 0. The molecule has 1 aliphatic rings. The first kappa shape index (κ1) is 18.3. The van der Waals surface area contributed by atoms with Crippen molar-refractivity contribution in [1.29, 1.82) is 0 Å². The number of carbonyl (C=O) groups excluding carboxylic acids is 2. The zero-order chi connectivity index (χ0) is 19.4. The average Bonchev–Trinajstić information content (AvgIpc) is 2.68. The Morgan fingerprint density at radius 1 is 1.26 bits per heavy atom. The molecule has 1 aliphatic heterocycles. The highest BCUT2D eigenvalue weighted by atomic mass is 16.6. The lowest BCUT2D eigenvalue weighted by Gasteiger charge is -2.26. The summed E-state index contributed by atoms with van der Waals surface area (Å²) in [6.45, 7) is 0.995. The van der Waals surface area contributed by atoms with Gasteiger partial charge in [0, 0.05) is 29.5 Å². The molecule has 140 valence electrons. The standard InChI is InChI=1S/C18H17N3O6/c1-26-16-7-2-12(10-15(16)21(24)25)18(23)19-13-3-5-14(6-4-13)20-8-9-27-11-17(20)22/h2-7,10H,8-9,11H2,1H3,(H,19,23). The topological polar surface area (TPSA) is 111 Å². The van der Waals surface area contributed by atoms with Crippen LogP contribution in [0.5, 0.6) is 5.75 Å². The van der Waals surface area contributed by atoms with Crippen molar-refractivity contribution in [2.45, 2.75) is 0 Å². The fraction of sp³-hybridized carbons (Fsp3) is 0.222. The zero-order valence-corrected chi connectivity index (χ0v) is 14.5. The molecule has 1 fully saturated rings. The molecule has 1 N–H and O–H groups in total. The number of nitro groups is 1. The van der Waals surface area contributed by atoms with E-state index in [1.807, 2.05) is 0 Å². The van der Waals surface area contributed by atoms with Gasteiger partial charge in [-0.3, -0.25) is 19.7 Å². The molecule has 0 spiro atoms. The molecule has 1 heterocycles. The first-order valence-corrected chi connectivity index (χ1v) is 8.11. The molecule has 0 saturated carbocycles. The maximum absolute atomic E-state index is 12.4. The lowest BCUT2D eigenvalue weighted by molar-refractivity contribution is -0.385. The van der Waals surface area contributed by atoms with E-state index >= 15 is 0 Å². The van der Waals surface area contributed by atoms with Crippen LogP contribution in [0, 0.1) is 10.1 Å². The van der Waals surface area contributed by atoms with Gasteiger partial charge in [-0.1, -0.05) is 0 Å². The normalized spacial score (nSPS) is 14.0. The molecule has 2 aromatic carbocycles. The predicted molar refractivity (Wildman–Crippen MR) is 97.2 cm³/mol. The molecular formula is C18H17N3O6. The van der Waals surface area contributed by atoms with Gasteiger partial charge in [0.15, 0.2) is 5.75 Å². The molecular weight excluding hydrogens is 354 g/mol. The van der Waals surface area contributed by atoms with Gasteiger partial charge in [0.05, 0.1) is 18.6 Å². The number of rotatable bonds is 5. The lowest BCUT2D eigenvalue weighted by atomic mass is 10.1. The Labute approximate surface area is 154 Å². The van der Waals surface area contributed by atoms with Crippen LogP contribution >= 0.6 is 0 Å². The van der Waals surface area contributed by atoms with E-state index in [4.69, 9.17) is 9.47 Å². The van der Waals surface area contributed by atoms with Crippen LogP contribution in [0.2, 0.25) is 0 Å². The Hall–Kier alpha value is -3.46. The van der Waals surface area contributed by atoms with Gasteiger partial charge >= 0.3 is 5.69 Å². The van der Waals surface area contributed by atoms with E-state index in [2.05, 4.69) is 5.32 Å². The number of amides is 2. The van der Waals surface area contributed by atoms with E-state index in [9.17, 15) is 19.7 Å². The summed E-state index contributed by atoms with van der Waals surface area (Å²) in [7, 11) is 1.32. The van der Waals surface area contributed by atoms with E-state index in [1.165, 1.54) is 19.2 Å². The third kappa shape index (κ3) is 4.04. The third-order valence-electron chi connectivity index (χ3n) is 4.06. The maximum Gasteiger partial charge on any atom is 0.311 e. The summed E-state index contributed by atoms with van der Waals surface area (Å²) < 4.78 is 10.0. The molecule has 0 aliphatic carbocycles. The van der Waals surface area contributed by atoms with E-state index in [0.29, 0.717) is 24.5 Å². The van der Waals surface area contributed by atoms with Gasteiger partial charge in [-0.05, 0) is 36.4 Å². The second-order valence-electron chi connectivity index (χ2n) is 5.74. The quantitative estimate of drug-likeness (QED) is 0.637. The number of carbonyl (C=O) groups is 2. The summed E-state index contributed by atoms with van der Waals surface area (Å²) >= 11 is 0. The molecule has 2 amide bonds. The Morgan fingerprint density at radius 2 is 2.00 bits per heavy atom. The van der Waals surface area contributed by atoms with Crippen molar-refractivity contribution >= 4 is 28.9 Å². The Bertz CT molecular complexity index is 881. The van der Waals surface area contributed by atoms with Crippen LogP contribution in [0.25, 0.3) is 0 Å². The van der Waals surface area contributed by atoms with Crippen molar-refractivity contribution < 1.29 is 24.0 Å². The SMILES string of the molecule is COc1ccc(C(=O)Nc2ccc(N3CCOCC3=O)cc2)cc1[N+](=O)[O-]. The first-order chi connectivity index (χ1) is 13.0. The van der Waals surface area contributed by atoms with Crippen LogP contribution in [-0.2, 0) is 9.53 Å². The highest BCUT2D eigenvalue weighted by Gasteiger charge is 2.21. The monoisotopic (exact) mass is 371 g/mol. The molecule has 2 aromatic rings. The van der Waals surface area contributed by atoms with Crippen molar-refractivity contribution in [3.05, 3.63) is 58.1 Å². The van der Waals surface area contributed by atoms with E-state index in [1.54, 1.807) is 29.2 Å². The van der Waals surface area contributed by atoms with E-state index in [0.717, 1.165) is 6.07 Å². The summed E-state index contributed by atoms with van der Waals surface area (Å²) in [5, 5.41) is 13.8. The minimum atomic E-state index is -0.607. The molecule has 9 heteroatoms. The number of morpholine rings is 1. The second-order valence-corrected chi connectivity index (χ2v) is 5.74. The fourth-order valence-electron chi connectivity index (χ4n) is 2.69. The minimum absolute atomic E-state index is 0.0503. The summed E-state index contributed by atoms with van der Waals surface area (Å²) in [5.74, 6) is -0.532. The Kier molecular flexibility index (Phi) is 5.32. The highest BCUT2D eigenvalue weighted by molar-refractivity contribution is 6.05. The van der Waals surface area contributed by atoms with Crippen LogP contribution in [0.4, 0.5) is 17.1 Å². The zero-order valence-electron chi connectivity index (χ0n) is 14.5. The second kappa shape index (κ2) is 7.83. The number of hydrogen-bond acceptors (Lipinski definition) is 6. The van der Waals surface area contributed by atoms with Crippen molar-refractivity contribution in [2.75, 3.05) is 37.1 Å². The van der Waals surface area contributed by atoms with Crippen molar-refractivity contribution in [2.24, 2.45) is 0 Å². The van der Waals surface area contributed by atoms with Gasteiger partial charge in [-0.15, -0.1) is 0 Å². The van der Waals surface area contributed by atoms with Crippen molar-refractivity contribution in [1.82, 2.24) is 0 Å². The Morgan fingerprint density at radius 3 is 2.63 bits per heavy atom. The molecule has 0 atom stereocenters. The van der Waals surface area contributed by atoms with Crippen LogP contribution in [0.3, 0.4) is 0 Å². The number of benzene rings is 2. The molecule has 0 unspecified atom stereocenters. The molecule has 9 nitrogen and oxygen atoms in total.